The highest BCUT2D eigenvalue weighted by atomic mass is 16.7. The number of carbonyl (C=O) groups is 4. The van der Waals surface area contributed by atoms with Gasteiger partial charge in [0, 0.05) is 42.4 Å². The summed E-state index contributed by atoms with van der Waals surface area (Å²) in [5.74, 6) is -0.804. The Morgan fingerprint density at radius 1 is 1.15 bits per heavy atom. The molecule has 15 heteroatoms. The van der Waals surface area contributed by atoms with Gasteiger partial charge in [-0.05, 0) is 25.8 Å². The molecule has 0 bridgehead atoms. The van der Waals surface area contributed by atoms with Crippen molar-refractivity contribution in [2.24, 2.45) is 10.2 Å². The number of aliphatic hydroxyl groups excluding tert-OH is 1. The molecule has 2 aromatic rings. The molecule has 0 radical (unpaired) electrons. The molecule has 1 amide bonds. The SMILES string of the molecule is C#CC1(COC(=O)NC2CC(O[C@H]3C[C@](O)(CC(C)=O)Cc4c(O)c5c(c(O)c43)C(=O)c3c(OC)cccc3C5=O)OC(C)C2O)N=N1. The third kappa shape index (κ3) is 5.66. The second kappa shape index (κ2) is 12.0. The zero-order valence-corrected chi connectivity index (χ0v) is 26.2. The molecule has 2 aliphatic carbocycles. The number of terminal acetylenes is 1. The fraction of sp³-hybridized carbons (Fsp3) is 0.455. The Bertz CT molecular complexity index is 1810. The molecule has 4 aliphatic rings. The van der Waals surface area contributed by atoms with Gasteiger partial charge in [0.25, 0.3) is 5.66 Å². The average Bonchev–Trinajstić information content (AvgIpc) is 3.82. The first-order valence-corrected chi connectivity index (χ1v) is 15.1. The minimum absolute atomic E-state index is 0.0419. The van der Waals surface area contributed by atoms with Gasteiger partial charge in [-0.1, -0.05) is 12.1 Å². The molecule has 2 heterocycles. The van der Waals surface area contributed by atoms with Crippen molar-refractivity contribution in [1.29, 1.82) is 0 Å². The summed E-state index contributed by atoms with van der Waals surface area (Å²) in [5, 5.41) is 55.5. The lowest BCUT2D eigenvalue weighted by Gasteiger charge is -2.43. The number of Topliss-reactive ketones (excluding diaryl/α,β-unsaturated/α-hetero) is 1. The summed E-state index contributed by atoms with van der Waals surface area (Å²) in [6.07, 6.45) is -1.30. The summed E-state index contributed by atoms with van der Waals surface area (Å²) in [5.41, 5.74) is -4.23. The molecule has 2 aliphatic heterocycles. The summed E-state index contributed by atoms with van der Waals surface area (Å²) < 4.78 is 22.6. The number of nitrogens with zero attached hydrogens (tertiary/aromatic N) is 2. The molecule has 1 saturated heterocycles. The highest BCUT2D eigenvalue weighted by Crippen LogP contribution is 2.53. The second-order valence-corrected chi connectivity index (χ2v) is 12.5. The predicted molar refractivity (Wildman–Crippen MR) is 162 cm³/mol. The van der Waals surface area contributed by atoms with Gasteiger partial charge in [0.15, 0.2) is 18.7 Å². The molecule has 0 saturated carbocycles. The van der Waals surface area contributed by atoms with E-state index in [1.807, 2.05) is 0 Å². The maximum Gasteiger partial charge on any atom is 0.407 e. The zero-order chi connectivity index (χ0) is 34.7. The van der Waals surface area contributed by atoms with E-state index in [0.29, 0.717) is 0 Å². The van der Waals surface area contributed by atoms with Gasteiger partial charge in [0.05, 0.1) is 47.7 Å². The van der Waals surface area contributed by atoms with E-state index < -0.39 is 82.2 Å². The number of aromatic hydroxyl groups is 2. The molecule has 252 valence electrons. The molecule has 1 fully saturated rings. The van der Waals surface area contributed by atoms with Gasteiger partial charge < -0.3 is 44.7 Å². The van der Waals surface area contributed by atoms with Gasteiger partial charge in [-0.25, -0.2) is 4.79 Å². The number of hydrogen-bond acceptors (Lipinski definition) is 14. The van der Waals surface area contributed by atoms with E-state index in [0.717, 1.165) is 0 Å². The van der Waals surface area contributed by atoms with Gasteiger partial charge >= 0.3 is 6.09 Å². The number of aliphatic hydroxyl groups is 2. The fourth-order valence-corrected chi connectivity index (χ4v) is 6.75. The number of carbonyl (C=O) groups excluding carboxylic acids is 4. The Labute approximate surface area is 273 Å². The number of methoxy groups -OCH3 is 1. The second-order valence-electron chi connectivity index (χ2n) is 12.5. The Balaban J connectivity index is 1.35. The molecule has 2 aromatic carbocycles. The molecule has 0 aromatic heterocycles. The van der Waals surface area contributed by atoms with Crippen LogP contribution in [0.4, 0.5) is 4.79 Å². The van der Waals surface area contributed by atoms with E-state index in [-0.39, 0.29) is 66.1 Å². The van der Waals surface area contributed by atoms with Crippen molar-refractivity contribution in [3.8, 4) is 29.6 Å². The molecule has 15 nitrogen and oxygen atoms in total. The molecule has 6 rings (SSSR count). The van der Waals surface area contributed by atoms with Gasteiger partial charge in [0.2, 0.25) is 5.78 Å². The molecular weight excluding hydrogens is 630 g/mol. The van der Waals surface area contributed by atoms with Crippen LogP contribution in [0.5, 0.6) is 17.2 Å². The van der Waals surface area contributed by atoms with Crippen molar-refractivity contribution in [3.05, 3.63) is 51.6 Å². The molecule has 0 spiro atoms. The summed E-state index contributed by atoms with van der Waals surface area (Å²) in [7, 11) is 1.32. The minimum Gasteiger partial charge on any atom is -0.507 e. The number of phenols is 2. The molecule has 48 heavy (non-hydrogen) atoms. The van der Waals surface area contributed by atoms with Crippen molar-refractivity contribution in [2.75, 3.05) is 13.7 Å². The van der Waals surface area contributed by atoms with Gasteiger partial charge in [-0.15, -0.1) is 16.7 Å². The number of nitrogens with one attached hydrogen (secondary N) is 1. The highest BCUT2D eigenvalue weighted by molar-refractivity contribution is 6.31. The normalized spacial score (nSPS) is 28.0. The largest absolute Gasteiger partial charge is 0.507 e. The van der Waals surface area contributed by atoms with Crippen LogP contribution in [0, 0.1) is 12.3 Å². The number of benzene rings is 2. The lowest BCUT2D eigenvalue weighted by molar-refractivity contribution is -0.249. The third-order valence-electron chi connectivity index (χ3n) is 9.04. The predicted octanol–water partition coefficient (Wildman–Crippen LogP) is 1.98. The number of hydrogen-bond donors (Lipinski definition) is 5. The molecule has 4 unspecified atom stereocenters. The highest BCUT2D eigenvalue weighted by Gasteiger charge is 2.48. The Hall–Kier alpha value is -4.88. The van der Waals surface area contributed by atoms with Crippen molar-refractivity contribution >= 4 is 23.4 Å². The number of amides is 1. The van der Waals surface area contributed by atoms with Crippen LogP contribution in [0.1, 0.15) is 82.2 Å². The van der Waals surface area contributed by atoms with Crippen LogP contribution in [-0.2, 0) is 25.4 Å². The zero-order valence-electron chi connectivity index (χ0n) is 26.2. The monoisotopic (exact) mass is 663 g/mol. The molecular formula is C33H33N3O12. The van der Waals surface area contributed by atoms with E-state index >= 15 is 0 Å². The molecule has 5 N–H and O–H groups in total. The van der Waals surface area contributed by atoms with Crippen molar-refractivity contribution < 1.29 is 58.6 Å². The summed E-state index contributed by atoms with van der Waals surface area (Å²) in [6.45, 7) is 2.51. The van der Waals surface area contributed by atoms with Gasteiger partial charge in [-0.2, -0.15) is 0 Å². The summed E-state index contributed by atoms with van der Waals surface area (Å²) in [4.78, 5) is 52.3. The smallest absolute Gasteiger partial charge is 0.407 e. The van der Waals surface area contributed by atoms with Crippen LogP contribution in [0.3, 0.4) is 0 Å². The topological polar surface area (TPSA) is 223 Å². The number of fused-ring (bicyclic) bond motifs is 3. The fourth-order valence-electron chi connectivity index (χ4n) is 6.75. The Morgan fingerprint density at radius 2 is 1.85 bits per heavy atom. The van der Waals surface area contributed by atoms with Crippen molar-refractivity contribution in [1.82, 2.24) is 5.32 Å². The van der Waals surface area contributed by atoms with E-state index in [2.05, 4.69) is 21.5 Å². The van der Waals surface area contributed by atoms with Crippen molar-refractivity contribution in [3.63, 3.8) is 0 Å². The number of phenolic OH excluding ortho intramolecular Hbond substituents is 2. The van der Waals surface area contributed by atoms with Crippen LogP contribution in [0.15, 0.2) is 28.4 Å². The van der Waals surface area contributed by atoms with Crippen LogP contribution in [-0.4, -0.2) is 93.4 Å². The summed E-state index contributed by atoms with van der Waals surface area (Å²) in [6, 6.07) is 3.43. The van der Waals surface area contributed by atoms with Crippen LogP contribution in [0.2, 0.25) is 0 Å². The van der Waals surface area contributed by atoms with Crippen LogP contribution >= 0.6 is 0 Å². The van der Waals surface area contributed by atoms with Crippen LogP contribution < -0.4 is 10.1 Å². The Morgan fingerprint density at radius 3 is 2.50 bits per heavy atom. The van der Waals surface area contributed by atoms with E-state index in [4.69, 9.17) is 25.4 Å². The first-order valence-electron chi connectivity index (χ1n) is 15.1. The van der Waals surface area contributed by atoms with E-state index in [1.165, 1.54) is 39.2 Å². The van der Waals surface area contributed by atoms with Crippen LogP contribution in [0.25, 0.3) is 0 Å². The lowest BCUT2D eigenvalue weighted by Crippen LogP contribution is -2.55. The Kier molecular flexibility index (Phi) is 8.24. The quantitative estimate of drug-likeness (QED) is 0.172. The number of ketones is 3. The number of ether oxygens (including phenoxy) is 4. The number of rotatable bonds is 8. The van der Waals surface area contributed by atoms with E-state index in [9.17, 15) is 39.6 Å². The third-order valence-corrected chi connectivity index (χ3v) is 9.04. The minimum atomic E-state index is -1.79. The number of alkyl carbamates (subject to hydrolysis) is 1. The maximum absolute atomic E-state index is 13.9. The average molecular weight is 664 g/mol. The first-order chi connectivity index (χ1) is 22.7. The van der Waals surface area contributed by atoms with E-state index in [1.54, 1.807) is 0 Å². The molecule has 6 atom stereocenters. The van der Waals surface area contributed by atoms with Crippen molar-refractivity contribution in [2.45, 2.75) is 81.4 Å². The standard InChI is InChI=1S/C33H33N3O12/c1-5-33(35-36-33)13-46-31(43)34-18-9-21(47-15(3)26(18)38)48-20-12-32(44,10-14(2)37)11-17-23(20)30(42)25-24(28(17)40)27(39)16-7-6-8-19(45-4)22(16)29(25)41/h1,6-8,15,18,20-21,26,38,40,42,44H,9-13H2,2-4H3,(H,34,43)/t15?,18?,20-,21?,26?,32-/m0/s1. The maximum atomic E-state index is 13.9. The lowest BCUT2D eigenvalue weighted by atomic mass is 9.71. The summed E-state index contributed by atoms with van der Waals surface area (Å²) >= 11 is 0. The van der Waals surface area contributed by atoms with Gasteiger partial charge in [-0.3, -0.25) is 14.4 Å². The van der Waals surface area contributed by atoms with Gasteiger partial charge in [0.1, 0.15) is 29.1 Å². The first kappa shape index (κ1) is 33.0.